The molecule has 0 aliphatic heterocycles. The smallest absolute Gasteiger partial charge is 0.336 e. The molecule has 1 aromatic heterocycles. The number of carbonyl (C=O) groups is 2. The standard InChI is InChI=1S/C24H20N2O3/c1-15-13-26(22-11-10-18(23(25)27)12-21(15)22)14-16-6-8-17(9-7-16)19-4-2-3-5-20(19)24(28)29/h2-13H,14H2,1H3,(H2,25,27)(H,28,29). The zero-order valence-electron chi connectivity index (χ0n) is 15.9. The van der Waals surface area contributed by atoms with Gasteiger partial charge in [0.05, 0.1) is 5.56 Å². The Morgan fingerprint density at radius 3 is 2.41 bits per heavy atom. The molecule has 0 spiro atoms. The minimum absolute atomic E-state index is 0.289. The third-order valence-electron chi connectivity index (χ3n) is 5.14. The topological polar surface area (TPSA) is 85.3 Å². The van der Waals surface area contributed by atoms with Gasteiger partial charge in [0.15, 0.2) is 0 Å². The van der Waals surface area contributed by atoms with Crippen molar-refractivity contribution in [3.8, 4) is 11.1 Å². The first-order valence-electron chi connectivity index (χ1n) is 9.25. The Kier molecular flexibility index (Phi) is 4.64. The predicted molar refractivity (Wildman–Crippen MR) is 113 cm³/mol. The summed E-state index contributed by atoms with van der Waals surface area (Å²) in [5, 5.41) is 10.4. The lowest BCUT2D eigenvalue weighted by Gasteiger charge is -2.09. The highest BCUT2D eigenvalue weighted by Crippen LogP contribution is 2.26. The third-order valence-corrected chi connectivity index (χ3v) is 5.14. The third kappa shape index (κ3) is 3.50. The van der Waals surface area contributed by atoms with E-state index in [1.165, 1.54) is 0 Å². The largest absolute Gasteiger partial charge is 0.478 e. The number of hydrogen-bond donors (Lipinski definition) is 2. The minimum atomic E-state index is -0.936. The average Bonchev–Trinajstić information content (AvgIpc) is 3.03. The van der Waals surface area contributed by atoms with Crippen LogP contribution in [0.1, 0.15) is 31.8 Å². The molecule has 0 aliphatic carbocycles. The first-order valence-corrected chi connectivity index (χ1v) is 9.25. The van der Waals surface area contributed by atoms with Crippen molar-refractivity contribution in [1.29, 1.82) is 0 Å². The van der Waals surface area contributed by atoms with Crippen molar-refractivity contribution >= 4 is 22.8 Å². The normalized spacial score (nSPS) is 10.9. The number of nitrogens with zero attached hydrogens (tertiary/aromatic N) is 1. The van der Waals surface area contributed by atoms with E-state index in [1.54, 1.807) is 18.2 Å². The second kappa shape index (κ2) is 7.28. The molecule has 4 rings (SSSR count). The Balaban J connectivity index is 1.65. The van der Waals surface area contributed by atoms with Gasteiger partial charge in [-0.15, -0.1) is 0 Å². The molecule has 0 atom stereocenters. The van der Waals surface area contributed by atoms with Gasteiger partial charge in [-0.3, -0.25) is 4.79 Å². The van der Waals surface area contributed by atoms with Gasteiger partial charge in [0.1, 0.15) is 0 Å². The number of aromatic nitrogens is 1. The molecular weight excluding hydrogens is 364 g/mol. The van der Waals surface area contributed by atoms with E-state index in [4.69, 9.17) is 5.73 Å². The number of nitrogens with two attached hydrogens (primary N) is 1. The average molecular weight is 384 g/mol. The van der Waals surface area contributed by atoms with Crippen molar-refractivity contribution in [3.63, 3.8) is 0 Å². The summed E-state index contributed by atoms with van der Waals surface area (Å²) in [6, 6.07) is 20.4. The Morgan fingerprint density at radius 1 is 1.00 bits per heavy atom. The maximum atomic E-state index is 11.5. The lowest BCUT2D eigenvalue weighted by atomic mass is 9.99. The van der Waals surface area contributed by atoms with Gasteiger partial charge in [-0.1, -0.05) is 42.5 Å². The van der Waals surface area contributed by atoms with E-state index < -0.39 is 11.9 Å². The molecule has 0 aliphatic rings. The van der Waals surface area contributed by atoms with Gasteiger partial charge in [0.25, 0.3) is 0 Å². The summed E-state index contributed by atoms with van der Waals surface area (Å²) in [7, 11) is 0. The van der Waals surface area contributed by atoms with Crippen LogP contribution in [-0.2, 0) is 6.54 Å². The number of aromatic carboxylic acids is 1. The van der Waals surface area contributed by atoms with E-state index in [0.717, 1.165) is 27.6 Å². The first-order chi connectivity index (χ1) is 13.9. The number of amides is 1. The second-order valence-electron chi connectivity index (χ2n) is 7.08. The van der Waals surface area contributed by atoms with E-state index in [-0.39, 0.29) is 5.56 Å². The van der Waals surface area contributed by atoms with Crippen LogP contribution < -0.4 is 5.73 Å². The second-order valence-corrected chi connectivity index (χ2v) is 7.08. The molecule has 0 fully saturated rings. The van der Waals surface area contributed by atoms with Crippen LogP contribution in [0.2, 0.25) is 0 Å². The van der Waals surface area contributed by atoms with Gasteiger partial charge in [-0.25, -0.2) is 4.79 Å². The van der Waals surface area contributed by atoms with Crippen molar-refractivity contribution < 1.29 is 14.7 Å². The molecule has 1 amide bonds. The summed E-state index contributed by atoms with van der Waals surface area (Å²) < 4.78 is 2.13. The van der Waals surface area contributed by atoms with Gasteiger partial charge < -0.3 is 15.4 Å². The molecule has 0 unspecified atom stereocenters. The van der Waals surface area contributed by atoms with Crippen molar-refractivity contribution in [2.24, 2.45) is 5.73 Å². The maximum absolute atomic E-state index is 11.5. The highest BCUT2D eigenvalue weighted by molar-refractivity contribution is 5.98. The van der Waals surface area contributed by atoms with Crippen molar-refractivity contribution in [3.05, 3.63) is 95.2 Å². The number of aryl methyl sites for hydroxylation is 1. The lowest BCUT2D eigenvalue weighted by Crippen LogP contribution is -2.10. The van der Waals surface area contributed by atoms with Crippen LogP contribution in [0.5, 0.6) is 0 Å². The first kappa shape index (κ1) is 18.5. The Morgan fingerprint density at radius 2 is 1.72 bits per heavy atom. The summed E-state index contributed by atoms with van der Waals surface area (Å²) in [6.07, 6.45) is 2.06. The van der Waals surface area contributed by atoms with Gasteiger partial charge in [0.2, 0.25) is 5.91 Å². The van der Waals surface area contributed by atoms with Gasteiger partial charge >= 0.3 is 5.97 Å². The van der Waals surface area contributed by atoms with Crippen LogP contribution >= 0.6 is 0 Å². The zero-order valence-corrected chi connectivity index (χ0v) is 15.9. The van der Waals surface area contributed by atoms with E-state index >= 15 is 0 Å². The maximum Gasteiger partial charge on any atom is 0.336 e. The fourth-order valence-electron chi connectivity index (χ4n) is 3.67. The van der Waals surface area contributed by atoms with Crippen LogP contribution in [0.4, 0.5) is 0 Å². The Bertz CT molecular complexity index is 1240. The molecule has 0 bridgehead atoms. The van der Waals surface area contributed by atoms with E-state index in [1.807, 2.05) is 55.5 Å². The monoisotopic (exact) mass is 384 g/mol. The molecular formula is C24H20N2O3. The highest BCUT2D eigenvalue weighted by atomic mass is 16.4. The quantitative estimate of drug-likeness (QED) is 0.533. The SMILES string of the molecule is Cc1cn(Cc2ccc(-c3ccccc3C(=O)O)cc2)c2ccc(C(N)=O)cc12. The molecule has 3 N–H and O–H groups in total. The van der Waals surface area contributed by atoms with Gasteiger partial charge in [0, 0.05) is 29.2 Å². The summed E-state index contributed by atoms with van der Waals surface area (Å²) in [4.78, 5) is 22.9. The fraction of sp³-hybridized carbons (Fsp3) is 0.0833. The molecule has 144 valence electrons. The van der Waals surface area contributed by atoms with Crippen molar-refractivity contribution in [1.82, 2.24) is 4.57 Å². The van der Waals surface area contributed by atoms with Crippen LogP contribution in [0.15, 0.2) is 72.9 Å². The van der Waals surface area contributed by atoms with E-state index in [0.29, 0.717) is 17.7 Å². The summed E-state index contributed by atoms with van der Waals surface area (Å²) in [5.74, 6) is -1.37. The summed E-state index contributed by atoms with van der Waals surface area (Å²) in [5.41, 5.74) is 11.0. The van der Waals surface area contributed by atoms with Crippen molar-refractivity contribution in [2.75, 3.05) is 0 Å². The highest BCUT2D eigenvalue weighted by Gasteiger charge is 2.12. The number of hydrogen-bond acceptors (Lipinski definition) is 2. The number of fused-ring (bicyclic) bond motifs is 1. The van der Waals surface area contributed by atoms with Crippen LogP contribution in [-0.4, -0.2) is 21.6 Å². The van der Waals surface area contributed by atoms with Gasteiger partial charge in [-0.05, 0) is 53.4 Å². The lowest BCUT2D eigenvalue weighted by molar-refractivity contribution is 0.0697. The van der Waals surface area contributed by atoms with Gasteiger partial charge in [-0.2, -0.15) is 0 Å². The fourth-order valence-corrected chi connectivity index (χ4v) is 3.67. The van der Waals surface area contributed by atoms with Crippen LogP contribution in [0.3, 0.4) is 0 Å². The van der Waals surface area contributed by atoms with Crippen molar-refractivity contribution in [2.45, 2.75) is 13.5 Å². The Labute approximate surface area is 168 Å². The van der Waals surface area contributed by atoms with E-state index in [9.17, 15) is 14.7 Å². The summed E-state index contributed by atoms with van der Waals surface area (Å²) >= 11 is 0. The number of primary amides is 1. The number of benzene rings is 3. The number of carbonyl (C=O) groups excluding carboxylic acids is 1. The molecule has 5 nitrogen and oxygen atoms in total. The molecule has 3 aromatic carbocycles. The number of rotatable bonds is 5. The number of carboxylic acids is 1. The molecule has 1 heterocycles. The molecule has 0 saturated carbocycles. The summed E-state index contributed by atoms with van der Waals surface area (Å²) in [6.45, 7) is 2.68. The van der Waals surface area contributed by atoms with Crippen LogP contribution in [0.25, 0.3) is 22.0 Å². The molecule has 4 aromatic rings. The molecule has 5 heteroatoms. The number of carboxylic acid groups (broad SMARTS) is 1. The van der Waals surface area contributed by atoms with E-state index in [2.05, 4.69) is 10.8 Å². The minimum Gasteiger partial charge on any atom is -0.478 e. The molecule has 0 radical (unpaired) electrons. The molecule has 0 saturated heterocycles. The van der Waals surface area contributed by atoms with Crippen LogP contribution in [0, 0.1) is 6.92 Å². The zero-order chi connectivity index (χ0) is 20.5. The predicted octanol–water partition coefficient (Wildman–Crippen LogP) is 4.46. The Hall–Kier alpha value is -3.86. The molecule has 29 heavy (non-hydrogen) atoms.